The zero-order valence-electron chi connectivity index (χ0n) is 14.0. The van der Waals surface area contributed by atoms with Crippen LogP contribution in [0, 0.1) is 6.92 Å². The first-order valence-corrected chi connectivity index (χ1v) is 7.82. The Bertz CT molecular complexity index is 1010. The van der Waals surface area contributed by atoms with E-state index in [0.717, 1.165) is 29.8 Å². The van der Waals surface area contributed by atoms with Crippen LogP contribution < -0.4 is 11.2 Å². The van der Waals surface area contributed by atoms with E-state index in [1.54, 1.807) is 11.6 Å². The predicted octanol–water partition coefficient (Wildman–Crippen LogP) is 2.42. The molecule has 0 atom stereocenters. The predicted molar refractivity (Wildman–Crippen MR) is 92.9 cm³/mol. The zero-order valence-corrected chi connectivity index (χ0v) is 14.0. The van der Waals surface area contributed by atoms with Gasteiger partial charge >= 0.3 is 5.69 Å². The molecule has 0 amide bonds. The van der Waals surface area contributed by atoms with Crippen LogP contribution in [0.2, 0.25) is 0 Å². The van der Waals surface area contributed by atoms with Crippen molar-refractivity contribution in [2.24, 2.45) is 14.1 Å². The molecule has 0 unspecified atom stereocenters. The molecule has 1 aromatic carbocycles. The van der Waals surface area contributed by atoms with E-state index in [4.69, 9.17) is 0 Å². The van der Waals surface area contributed by atoms with E-state index >= 15 is 0 Å². The fourth-order valence-corrected chi connectivity index (χ4v) is 3.13. The molecule has 5 heteroatoms. The summed E-state index contributed by atoms with van der Waals surface area (Å²) < 4.78 is 4.82. The molecule has 23 heavy (non-hydrogen) atoms. The summed E-state index contributed by atoms with van der Waals surface area (Å²) in [6.45, 7) is 4.94. The van der Waals surface area contributed by atoms with Crippen LogP contribution >= 0.6 is 0 Å². The van der Waals surface area contributed by atoms with Crippen molar-refractivity contribution in [2.75, 3.05) is 0 Å². The number of aromatic nitrogens is 3. The van der Waals surface area contributed by atoms with Crippen LogP contribution in [0.1, 0.15) is 18.9 Å². The number of fused-ring (bicyclic) bond motifs is 1. The van der Waals surface area contributed by atoms with Gasteiger partial charge in [-0.05, 0) is 18.9 Å². The molecular weight excluding hydrogens is 290 g/mol. The second-order valence-corrected chi connectivity index (χ2v) is 5.95. The van der Waals surface area contributed by atoms with Gasteiger partial charge in [0.2, 0.25) is 0 Å². The Hall–Kier alpha value is -2.56. The quantitative estimate of drug-likeness (QED) is 0.746. The van der Waals surface area contributed by atoms with Gasteiger partial charge in [0.1, 0.15) is 0 Å². The average molecular weight is 311 g/mol. The first-order chi connectivity index (χ1) is 11.0. The van der Waals surface area contributed by atoms with E-state index in [1.807, 2.05) is 37.4 Å². The normalized spacial score (nSPS) is 11.3. The minimum absolute atomic E-state index is 0.240. The van der Waals surface area contributed by atoms with Crippen LogP contribution in [0.3, 0.4) is 0 Å². The molecule has 0 bridgehead atoms. The standard InChI is InChI=1S/C18H21N3O2/c1-5-10-21-11-14-15(17(22)20(4)18(23)19(14)3)16(21)13-9-7-6-8-12(13)2/h6-9,11H,5,10H2,1-4H3. The first-order valence-electron chi connectivity index (χ1n) is 7.82. The maximum atomic E-state index is 12.8. The van der Waals surface area contributed by atoms with Gasteiger partial charge in [0.15, 0.2) is 0 Å². The highest BCUT2D eigenvalue weighted by atomic mass is 16.2. The molecular formula is C18H21N3O2. The van der Waals surface area contributed by atoms with Gasteiger partial charge in [0, 0.05) is 32.4 Å². The van der Waals surface area contributed by atoms with Crippen molar-refractivity contribution in [3.05, 3.63) is 56.9 Å². The number of benzene rings is 1. The Labute approximate surface area is 134 Å². The largest absolute Gasteiger partial charge is 0.345 e. The van der Waals surface area contributed by atoms with E-state index in [1.165, 1.54) is 11.6 Å². The lowest BCUT2D eigenvalue weighted by Crippen LogP contribution is -2.36. The van der Waals surface area contributed by atoms with Gasteiger partial charge in [-0.25, -0.2) is 4.79 Å². The molecule has 2 aromatic heterocycles. The lowest BCUT2D eigenvalue weighted by molar-refractivity contribution is 0.688. The summed E-state index contributed by atoms with van der Waals surface area (Å²) in [6, 6.07) is 8.03. The highest BCUT2D eigenvalue weighted by Crippen LogP contribution is 2.30. The van der Waals surface area contributed by atoms with E-state index < -0.39 is 0 Å². The Morgan fingerprint density at radius 2 is 1.74 bits per heavy atom. The fourth-order valence-electron chi connectivity index (χ4n) is 3.13. The van der Waals surface area contributed by atoms with Crippen LogP contribution in [-0.2, 0) is 20.6 Å². The smallest absolute Gasteiger partial charge is 0.330 e. The highest BCUT2D eigenvalue weighted by Gasteiger charge is 2.19. The summed E-state index contributed by atoms with van der Waals surface area (Å²) in [5.74, 6) is 0. The summed E-state index contributed by atoms with van der Waals surface area (Å²) in [5, 5.41) is 0.609. The molecule has 0 aliphatic rings. The second kappa shape index (κ2) is 5.57. The maximum absolute atomic E-state index is 12.8. The number of aryl methyl sites for hydroxylation is 3. The maximum Gasteiger partial charge on any atom is 0.330 e. The molecule has 0 saturated heterocycles. The van der Waals surface area contributed by atoms with Gasteiger partial charge in [0.25, 0.3) is 5.56 Å². The molecule has 120 valence electrons. The highest BCUT2D eigenvalue weighted by molar-refractivity contribution is 5.94. The second-order valence-electron chi connectivity index (χ2n) is 5.95. The number of nitrogens with zero attached hydrogens (tertiary/aromatic N) is 3. The Kier molecular flexibility index (Phi) is 3.72. The van der Waals surface area contributed by atoms with Gasteiger partial charge in [0.05, 0.1) is 16.6 Å². The van der Waals surface area contributed by atoms with Gasteiger partial charge in [-0.15, -0.1) is 0 Å². The minimum Gasteiger partial charge on any atom is -0.345 e. The van der Waals surface area contributed by atoms with Crippen LogP contribution in [0.25, 0.3) is 22.2 Å². The van der Waals surface area contributed by atoms with Gasteiger partial charge in [-0.3, -0.25) is 13.9 Å². The van der Waals surface area contributed by atoms with Crippen molar-refractivity contribution in [1.82, 2.24) is 13.7 Å². The summed E-state index contributed by atoms with van der Waals surface area (Å²) in [7, 11) is 3.24. The Morgan fingerprint density at radius 3 is 2.39 bits per heavy atom. The molecule has 3 rings (SSSR count). The molecule has 2 heterocycles. The zero-order chi connectivity index (χ0) is 16.7. The van der Waals surface area contributed by atoms with Crippen molar-refractivity contribution in [1.29, 1.82) is 0 Å². The van der Waals surface area contributed by atoms with Crippen molar-refractivity contribution < 1.29 is 0 Å². The average Bonchev–Trinajstić information content (AvgIpc) is 2.91. The fraction of sp³-hybridized carbons (Fsp3) is 0.333. The molecule has 0 saturated carbocycles. The van der Waals surface area contributed by atoms with Crippen LogP contribution in [0.15, 0.2) is 40.1 Å². The third-order valence-electron chi connectivity index (χ3n) is 4.38. The van der Waals surface area contributed by atoms with Crippen LogP contribution in [0.4, 0.5) is 0 Å². The third kappa shape index (κ3) is 2.23. The Balaban J connectivity index is 2.54. The van der Waals surface area contributed by atoms with E-state index in [0.29, 0.717) is 10.9 Å². The Morgan fingerprint density at radius 1 is 1.04 bits per heavy atom. The van der Waals surface area contributed by atoms with Crippen molar-refractivity contribution >= 4 is 10.9 Å². The summed E-state index contributed by atoms with van der Waals surface area (Å²) in [6.07, 6.45) is 2.87. The van der Waals surface area contributed by atoms with E-state index in [2.05, 4.69) is 11.5 Å². The lowest BCUT2D eigenvalue weighted by Gasteiger charge is -2.11. The van der Waals surface area contributed by atoms with Crippen LogP contribution in [0.5, 0.6) is 0 Å². The third-order valence-corrected chi connectivity index (χ3v) is 4.38. The monoisotopic (exact) mass is 311 g/mol. The lowest BCUT2D eigenvalue weighted by atomic mass is 10.0. The van der Waals surface area contributed by atoms with Gasteiger partial charge in [-0.1, -0.05) is 31.2 Å². The number of hydrogen-bond donors (Lipinski definition) is 0. The summed E-state index contributed by atoms with van der Waals surface area (Å²) >= 11 is 0. The van der Waals surface area contributed by atoms with Gasteiger partial charge in [-0.2, -0.15) is 0 Å². The molecule has 3 aromatic rings. The number of hydrogen-bond acceptors (Lipinski definition) is 2. The van der Waals surface area contributed by atoms with E-state index in [9.17, 15) is 9.59 Å². The minimum atomic E-state index is -0.299. The van der Waals surface area contributed by atoms with Crippen molar-refractivity contribution in [3.63, 3.8) is 0 Å². The van der Waals surface area contributed by atoms with Crippen molar-refractivity contribution in [3.8, 4) is 11.3 Å². The number of rotatable bonds is 3. The van der Waals surface area contributed by atoms with Gasteiger partial charge < -0.3 is 4.57 Å². The molecule has 0 radical (unpaired) electrons. The molecule has 0 spiro atoms. The molecule has 5 nitrogen and oxygen atoms in total. The topological polar surface area (TPSA) is 48.9 Å². The van der Waals surface area contributed by atoms with Crippen molar-refractivity contribution in [2.45, 2.75) is 26.8 Å². The summed E-state index contributed by atoms with van der Waals surface area (Å²) in [4.78, 5) is 25.0. The molecule has 0 fully saturated rings. The SMILES string of the molecule is CCCn1cc2c(c1-c1ccccc1C)c(=O)n(C)c(=O)n2C. The molecule has 0 aliphatic heterocycles. The molecule has 0 N–H and O–H groups in total. The first kappa shape index (κ1) is 15.3. The van der Waals surface area contributed by atoms with E-state index in [-0.39, 0.29) is 11.2 Å². The molecule has 0 aliphatic carbocycles. The summed E-state index contributed by atoms with van der Waals surface area (Å²) in [5.41, 5.74) is 3.19. The van der Waals surface area contributed by atoms with Crippen LogP contribution in [-0.4, -0.2) is 13.7 Å².